The van der Waals surface area contributed by atoms with E-state index in [-0.39, 0.29) is 6.10 Å². The van der Waals surface area contributed by atoms with Gasteiger partial charge in [-0.25, -0.2) is 0 Å². The van der Waals surface area contributed by atoms with Crippen LogP contribution < -0.4 is 0 Å². The van der Waals surface area contributed by atoms with Crippen LogP contribution in [0.2, 0.25) is 0 Å². The van der Waals surface area contributed by atoms with Gasteiger partial charge in [-0.2, -0.15) is 0 Å². The van der Waals surface area contributed by atoms with E-state index in [2.05, 4.69) is 90.9 Å². The number of hydrogen-bond donors (Lipinski definition) is 0. The maximum absolute atomic E-state index is 6.61. The molecule has 0 bridgehead atoms. The van der Waals surface area contributed by atoms with Gasteiger partial charge in [-0.05, 0) is 163 Å². The van der Waals surface area contributed by atoms with Gasteiger partial charge in [-0.1, -0.05) is 161 Å². The molecule has 4 rings (SSSR count). The quantitative estimate of drug-likeness (QED) is 0.0469. The number of likely N-dealkylation sites (N-methyl/N-ethyl adjacent to an activating group) is 1. The fourth-order valence-electron chi connectivity index (χ4n) is 13.2. The number of hydrogen-bond acceptors (Lipinski definition) is 4. The van der Waals surface area contributed by atoms with Crippen molar-refractivity contribution in [1.82, 2.24) is 4.90 Å². The summed E-state index contributed by atoms with van der Waals surface area (Å²) in [5.74, 6) is 5.49. The van der Waals surface area contributed by atoms with Crippen LogP contribution in [0.3, 0.4) is 0 Å². The van der Waals surface area contributed by atoms with E-state index in [1.54, 1.807) is 5.57 Å². The molecule has 0 aromatic rings. The molecule has 0 heterocycles. The number of nitrogens with zero attached hydrogens (tertiary/aromatic N) is 1. The lowest BCUT2D eigenvalue weighted by Gasteiger charge is -2.58. The van der Waals surface area contributed by atoms with Gasteiger partial charge in [-0.15, -0.1) is 0 Å². The van der Waals surface area contributed by atoms with Gasteiger partial charge >= 0.3 is 0 Å². The Morgan fingerprint density at radius 2 is 1.35 bits per heavy atom. The molecule has 0 spiro atoms. The van der Waals surface area contributed by atoms with Crippen molar-refractivity contribution in [2.75, 3.05) is 47.1 Å². The van der Waals surface area contributed by atoms with Crippen LogP contribution in [0.1, 0.15) is 228 Å². The lowest BCUT2D eigenvalue weighted by molar-refractivity contribution is -0.0641. The second-order valence-electron chi connectivity index (χ2n) is 22.6. The smallest absolute Gasteiger partial charge is 0.0934 e. The summed E-state index contributed by atoms with van der Waals surface area (Å²) < 4.78 is 19.0. The molecule has 0 saturated heterocycles. The van der Waals surface area contributed by atoms with Crippen LogP contribution in [0.15, 0.2) is 36.0 Å². The Bertz CT molecular complexity index is 1240. The summed E-state index contributed by atoms with van der Waals surface area (Å²) in [5, 5.41) is 0. The third-order valence-electron chi connectivity index (χ3n) is 16.9. The highest BCUT2D eigenvalue weighted by molar-refractivity contribution is 5.25. The van der Waals surface area contributed by atoms with Crippen LogP contribution in [0.5, 0.6) is 0 Å². The molecule has 0 aromatic heterocycles. The first-order chi connectivity index (χ1) is 30.1. The van der Waals surface area contributed by atoms with Crippen molar-refractivity contribution in [3.05, 3.63) is 36.0 Å². The molecule has 0 radical (unpaired) electrons. The molecule has 0 N–H and O–H groups in total. The molecule has 3 fully saturated rings. The molecule has 0 aromatic carbocycles. The average Bonchev–Trinajstić information content (AvgIpc) is 3.60. The van der Waals surface area contributed by atoms with Gasteiger partial charge in [0.15, 0.2) is 0 Å². The molecule has 4 nitrogen and oxygen atoms in total. The Morgan fingerprint density at radius 1 is 0.694 bits per heavy atom. The topological polar surface area (TPSA) is 30.9 Å². The zero-order chi connectivity index (χ0) is 44.5. The molecule has 0 amide bonds. The highest BCUT2D eigenvalue weighted by atomic mass is 16.5. The largest absolute Gasteiger partial charge is 0.379 e. The fraction of sp³-hybridized carbons (Fsp3) is 0.897. The van der Waals surface area contributed by atoms with Crippen LogP contribution >= 0.6 is 0 Å². The van der Waals surface area contributed by atoms with Gasteiger partial charge in [0, 0.05) is 26.4 Å². The Kier molecular flexibility index (Phi) is 26.3. The maximum Gasteiger partial charge on any atom is 0.0934 e. The minimum Gasteiger partial charge on any atom is -0.379 e. The minimum atomic E-state index is 0.173. The van der Waals surface area contributed by atoms with E-state index in [9.17, 15) is 0 Å². The van der Waals surface area contributed by atoms with Gasteiger partial charge in [-0.3, -0.25) is 0 Å². The Hall–Kier alpha value is -0.940. The lowest BCUT2D eigenvalue weighted by Crippen LogP contribution is -2.51. The predicted octanol–water partition coefficient (Wildman–Crippen LogP) is 16.5. The molecule has 4 heteroatoms. The molecule has 4 aliphatic carbocycles. The highest BCUT2D eigenvalue weighted by Crippen LogP contribution is 2.67. The van der Waals surface area contributed by atoms with Gasteiger partial charge in [0.05, 0.1) is 18.8 Å². The van der Waals surface area contributed by atoms with Gasteiger partial charge in [0.2, 0.25) is 0 Å². The molecule has 1 unspecified atom stereocenters. The highest BCUT2D eigenvalue weighted by Gasteiger charge is 2.59. The fourth-order valence-corrected chi connectivity index (χ4v) is 13.2. The molecule has 360 valence electrons. The van der Waals surface area contributed by atoms with E-state index in [1.807, 2.05) is 0 Å². The SMILES string of the molecule is CCCCCC=CCC=CCCCCCCCCOCC(CN(C)C)OCCCCCCCCO[C@H]1CC[C@@]2(C)C(=CC[C@H]3[C@@H]4CC[C@H]([C@H](C)CCCC(C)C)[C@@]4(C)CC[C@@H]32)C1. The molecule has 62 heavy (non-hydrogen) atoms. The van der Waals surface area contributed by atoms with E-state index in [0.717, 1.165) is 81.3 Å². The second kappa shape index (κ2) is 30.4. The molecular weight excluding hydrogens is 759 g/mol. The lowest BCUT2D eigenvalue weighted by atomic mass is 9.47. The predicted molar refractivity (Wildman–Crippen MR) is 269 cm³/mol. The first-order valence-electron chi connectivity index (χ1n) is 27.5. The summed E-state index contributed by atoms with van der Waals surface area (Å²) in [5.41, 5.74) is 2.79. The van der Waals surface area contributed by atoms with E-state index in [4.69, 9.17) is 14.2 Å². The van der Waals surface area contributed by atoms with E-state index < -0.39 is 0 Å². The van der Waals surface area contributed by atoms with Crippen molar-refractivity contribution in [1.29, 1.82) is 0 Å². The van der Waals surface area contributed by atoms with Crippen LogP contribution in [0.4, 0.5) is 0 Å². The van der Waals surface area contributed by atoms with E-state index in [0.29, 0.717) is 16.9 Å². The minimum absolute atomic E-state index is 0.173. The van der Waals surface area contributed by atoms with Crippen LogP contribution in [-0.4, -0.2) is 64.2 Å². The van der Waals surface area contributed by atoms with Crippen LogP contribution in [-0.2, 0) is 14.2 Å². The van der Waals surface area contributed by atoms with Crippen molar-refractivity contribution in [2.24, 2.45) is 46.3 Å². The summed E-state index contributed by atoms with van der Waals surface area (Å²) in [7, 11) is 4.28. The molecule has 0 aliphatic heterocycles. The molecule has 4 aliphatic rings. The van der Waals surface area contributed by atoms with Crippen LogP contribution in [0, 0.1) is 46.3 Å². The zero-order valence-electron chi connectivity index (χ0n) is 42.7. The van der Waals surface area contributed by atoms with Crippen molar-refractivity contribution < 1.29 is 14.2 Å². The summed E-state index contributed by atoms with van der Waals surface area (Å²) in [4.78, 5) is 2.23. The van der Waals surface area contributed by atoms with Crippen LogP contribution in [0.25, 0.3) is 0 Å². The van der Waals surface area contributed by atoms with Gasteiger partial charge in [0.1, 0.15) is 0 Å². The van der Waals surface area contributed by atoms with Crippen molar-refractivity contribution in [3.8, 4) is 0 Å². The Morgan fingerprint density at radius 3 is 2.05 bits per heavy atom. The average molecular weight is 864 g/mol. The summed E-state index contributed by atoms with van der Waals surface area (Å²) in [6.45, 7) is 19.4. The third kappa shape index (κ3) is 18.4. The Balaban J connectivity index is 0.980. The van der Waals surface area contributed by atoms with E-state index in [1.165, 1.54) is 173 Å². The summed E-state index contributed by atoms with van der Waals surface area (Å²) in [6.07, 6.45) is 51.1. The maximum atomic E-state index is 6.61. The molecule has 9 atom stereocenters. The first-order valence-corrected chi connectivity index (χ1v) is 27.5. The monoisotopic (exact) mass is 864 g/mol. The van der Waals surface area contributed by atoms with E-state index >= 15 is 0 Å². The number of fused-ring (bicyclic) bond motifs is 5. The van der Waals surface area contributed by atoms with Gasteiger partial charge < -0.3 is 19.1 Å². The standard InChI is InChI=1S/C58H105NO3/c1-9-10-11-12-13-14-15-16-17-18-19-20-21-22-25-28-42-60-47-52(46-59(7)8)62-44-30-27-24-23-26-29-43-61-51-38-40-57(5)50(45-51)34-35-53-55-37-36-54(49(4)33-31-32-48(2)3)58(55,6)41-39-56(53)57/h13-14,16-17,34,48-49,51-56H,9-12,15,18-33,35-47H2,1-8H3/t49-,51+,52?,53+,54-,55+,56+,57+,58-/m1/s1. The second-order valence-corrected chi connectivity index (χ2v) is 22.6. The Labute approximate surface area is 387 Å². The normalized spacial score (nSPS) is 28.5. The number of ether oxygens (including phenoxy) is 3. The summed E-state index contributed by atoms with van der Waals surface area (Å²) >= 11 is 0. The van der Waals surface area contributed by atoms with Crippen molar-refractivity contribution >= 4 is 0 Å². The zero-order valence-corrected chi connectivity index (χ0v) is 42.7. The number of rotatable bonds is 35. The third-order valence-corrected chi connectivity index (χ3v) is 16.9. The molecular formula is C58H105NO3. The van der Waals surface area contributed by atoms with Crippen molar-refractivity contribution in [3.63, 3.8) is 0 Å². The van der Waals surface area contributed by atoms with Crippen molar-refractivity contribution in [2.45, 2.75) is 240 Å². The number of unbranched alkanes of at least 4 members (excludes halogenated alkanes) is 14. The molecule has 3 saturated carbocycles. The first kappa shape index (κ1) is 53.7. The van der Waals surface area contributed by atoms with Gasteiger partial charge in [0.25, 0.3) is 0 Å². The summed E-state index contributed by atoms with van der Waals surface area (Å²) in [6, 6.07) is 0. The number of allylic oxidation sites excluding steroid dienone is 5.